The van der Waals surface area contributed by atoms with Gasteiger partial charge in [-0.3, -0.25) is 9.59 Å². The first kappa shape index (κ1) is 17.3. The topological polar surface area (TPSA) is 69.6 Å². The van der Waals surface area contributed by atoms with Crippen molar-refractivity contribution >= 4 is 29.1 Å². The van der Waals surface area contributed by atoms with E-state index in [2.05, 4.69) is 5.32 Å². The molecule has 2 N–H and O–H groups in total. The van der Waals surface area contributed by atoms with Crippen molar-refractivity contribution in [1.82, 2.24) is 4.90 Å². The van der Waals surface area contributed by atoms with Crippen LogP contribution in [0.5, 0.6) is 5.75 Å². The van der Waals surface area contributed by atoms with E-state index in [0.29, 0.717) is 18.7 Å². The number of phenolic OH excluding ortho intramolecular Hbond substituents is 1. The predicted octanol–water partition coefficient (Wildman–Crippen LogP) is 3.54. The average molecular weight is 359 g/mol. The van der Waals surface area contributed by atoms with Gasteiger partial charge in [-0.1, -0.05) is 29.8 Å². The summed E-state index contributed by atoms with van der Waals surface area (Å²) in [5, 5.41) is 12.5. The van der Waals surface area contributed by atoms with Crippen LogP contribution in [0.15, 0.2) is 48.5 Å². The number of nitrogens with zero attached hydrogens (tertiary/aromatic N) is 1. The van der Waals surface area contributed by atoms with Crippen LogP contribution in [0.4, 0.5) is 5.69 Å². The third-order valence-corrected chi connectivity index (χ3v) is 4.62. The summed E-state index contributed by atoms with van der Waals surface area (Å²) in [5.74, 6) is -0.561. The van der Waals surface area contributed by atoms with E-state index in [4.69, 9.17) is 11.6 Å². The quantitative estimate of drug-likeness (QED) is 0.881. The van der Waals surface area contributed by atoms with Gasteiger partial charge >= 0.3 is 0 Å². The number of nitrogens with one attached hydrogen (secondary N) is 1. The highest BCUT2D eigenvalue weighted by molar-refractivity contribution is 6.32. The van der Waals surface area contributed by atoms with E-state index >= 15 is 0 Å². The molecule has 130 valence electrons. The lowest BCUT2D eigenvalue weighted by molar-refractivity contribution is -0.121. The van der Waals surface area contributed by atoms with E-state index in [9.17, 15) is 14.7 Å². The number of piperidine rings is 1. The number of para-hydroxylation sites is 1. The number of likely N-dealkylation sites (tertiary alicyclic amines) is 1. The molecule has 2 amide bonds. The van der Waals surface area contributed by atoms with Crippen molar-refractivity contribution in [2.24, 2.45) is 5.92 Å². The predicted molar refractivity (Wildman–Crippen MR) is 96.8 cm³/mol. The molecule has 2 aromatic rings. The number of anilines is 1. The second kappa shape index (κ2) is 7.57. The van der Waals surface area contributed by atoms with Crippen LogP contribution in [0.2, 0.25) is 5.02 Å². The highest BCUT2D eigenvalue weighted by Gasteiger charge is 2.29. The zero-order valence-electron chi connectivity index (χ0n) is 13.6. The summed E-state index contributed by atoms with van der Waals surface area (Å²) in [4.78, 5) is 26.8. The van der Waals surface area contributed by atoms with Crippen LogP contribution < -0.4 is 5.32 Å². The van der Waals surface area contributed by atoms with E-state index in [0.717, 1.165) is 18.5 Å². The Morgan fingerprint density at radius 3 is 2.64 bits per heavy atom. The number of rotatable bonds is 3. The van der Waals surface area contributed by atoms with E-state index in [1.807, 2.05) is 30.3 Å². The SMILES string of the molecule is O=C(Nc1ccccc1)C1CCCN(C(=O)c2ccc(O)c(Cl)c2)C1. The maximum absolute atomic E-state index is 12.6. The van der Waals surface area contributed by atoms with Crippen LogP contribution in [-0.4, -0.2) is 34.9 Å². The van der Waals surface area contributed by atoms with Crippen molar-refractivity contribution in [2.75, 3.05) is 18.4 Å². The monoisotopic (exact) mass is 358 g/mol. The maximum Gasteiger partial charge on any atom is 0.253 e. The molecular weight excluding hydrogens is 340 g/mol. The smallest absolute Gasteiger partial charge is 0.253 e. The molecule has 0 aliphatic carbocycles. The van der Waals surface area contributed by atoms with E-state index in [-0.39, 0.29) is 28.5 Å². The summed E-state index contributed by atoms with van der Waals surface area (Å²) in [7, 11) is 0. The van der Waals surface area contributed by atoms with Gasteiger partial charge in [0.1, 0.15) is 5.75 Å². The standard InChI is InChI=1S/C19H19ClN2O3/c20-16-11-13(8-9-17(16)23)19(25)22-10-4-5-14(12-22)18(24)21-15-6-2-1-3-7-15/h1-3,6-9,11,14,23H,4-5,10,12H2,(H,21,24). The lowest BCUT2D eigenvalue weighted by atomic mass is 9.96. The number of phenols is 1. The minimum absolute atomic E-state index is 0.0584. The number of hydrogen-bond donors (Lipinski definition) is 2. The van der Waals surface area contributed by atoms with Crippen molar-refractivity contribution < 1.29 is 14.7 Å². The van der Waals surface area contributed by atoms with Crippen LogP contribution in [-0.2, 0) is 4.79 Å². The summed E-state index contributed by atoms with van der Waals surface area (Å²) >= 11 is 5.88. The molecule has 25 heavy (non-hydrogen) atoms. The van der Waals surface area contributed by atoms with Crippen LogP contribution in [0.3, 0.4) is 0 Å². The van der Waals surface area contributed by atoms with Crippen LogP contribution >= 0.6 is 11.6 Å². The molecule has 5 nitrogen and oxygen atoms in total. The Balaban J connectivity index is 1.67. The molecule has 1 atom stereocenters. The van der Waals surface area contributed by atoms with Gasteiger partial charge in [-0.05, 0) is 43.2 Å². The van der Waals surface area contributed by atoms with Crippen LogP contribution in [0.25, 0.3) is 0 Å². The van der Waals surface area contributed by atoms with Crippen molar-refractivity contribution in [3.05, 3.63) is 59.1 Å². The van der Waals surface area contributed by atoms with Gasteiger partial charge in [-0.25, -0.2) is 0 Å². The lowest BCUT2D eigenvalue weighted by Gasteiger charge is -2.32. The van der Waals surface area contributed by atoms with Gasteiger partial charge in [0.15, 0.2) is 0 Å². The molecule has 0 saturated carbocycles. The van der Waals surface area contributed by atoms with E-state index < -0.39 is 0 Å². The molecule has 3 rings (SSSR count). The number of aromatic hydroxyl groups is 1. The molecule has 1 fully saturated rings. The summed E-state index contributed by atoms with van der Waals surface area (Å²) in [6, 6.07) is 13.7. The third-order valence-electron chi connectivity index (χ3n) is 4.32. The summed E-state index contributed by atoms with van der Waals surface area (Å²) in [6.45, 7) is 0.975. The van der Waals surface area contributed by atoms with Crippen molar-refractivity contribution in [3.63, 3.8) is 0 Å². The molecular formula is C19H19ClN2O3. The molecule has 0 bridgehead atoms. The van der Waals surface area contributed by atoms with Gasteiger partial charge in [-0.15, -0.1) is 0 Å². The van der Waals surface area contributed by atoms with Crippen LogP contribution in [0.1, 0.15) is 23.2 Å². The lowest BCUT2D eigenvalue weighted by Crippen LogP contribution is -2.43. The molecule has 1 saturated heterocycles. The van der Waals surface area contributed by atoms with Crippen molar-refractivity contribution in [2.45, 2.75) is 12.8 Å². The van der Waals surface area contributed by atoms with Crippen molar-refractivity contribution in [3.8, 4) is 5.75 Å². The molecule has 0 radical (unpaired) electrons. The second-order valence-corrected chi connectivity index (χ2v) is 6.52. The fourth-order valence-corrected chi connectivity index (χ4v) is 3.14. The Labute approximate surface area is 151 Å². The number of amides is 2. The number of hydrogen-bond acceptors (Lipinski definition) is 3. The normalized spacial score (nSPS) is 17.2. The number of carbonyl (C=O) groups excluding carboxylic acids is 2. The van der Waals surface area contributed by atoms with E-state index in [1.54, 1.807) is 4.90 Å². The number of halogens is 1. The van der Waals surface area contributed by atoms with E-state index in [1.165, 1.54) is 18.2 Å². The van der Waals surface area contributed by atoms with Gasteiger partial charge in [-0.2, -0.15) is 0 Å². The second-order valence-electron chi connectivity index (χ2n) is 6.11. The Morgan fingerprint density at radius 2 is 1.92 bits per heavy atom. The highest BCUT2D eigenvalue weighted by Crippen LogP contribution is 2.26. The fraction of sp³-hybridized carbons (Fsp3) is 0.263. The number of carbonyl (C=O) groups is 2. The summed E-state index contributed by atoms with van der Waals surface area (Å²) in [6.07, 6.45) is 1.52. The first-order valence-electron chi connectivity index (χ1n) is 8.18. The van der Waals surface area contributed by atoms with Gasteiger partial charge in [0.25, 0.3) is 5.91 Å². The maximum atomic E-state index is 12.6. The fourth-order valence-electron chi connectivity index (χ4n) is 2.96. The van der Waals surface area contributed by atoms with Gasteiger partial charge in [0.2, 0.25) is 5.91 Å². The Bertz CT molecular complexity index is 779. The molecule has 0 spiro atoms. The largest absolute Gasteiger partial charge is 0.506 e. The molecule has 6 heteroatoms. The van der Waals surface area contributed by atoms with Gasteiger partial charge in [0, 0.05) is 24.3 Å². The minimum atomic E-state index is -0.245. The zero-order chi connectivity index (χ0) is 17.8. The number of benzene rings is 2. The van der Waals surface area contributed by atoms with Gasteiger partial charge < -0.3 is 15.3 Å². The first-order chi connectivity index (χ1) is 12.0. The molecule has 1 unspecified atom stereocenters. The third kappa shape index (κ3) is 4.12. The van der Waals surface area contributed by atoms with Gasteiger partial charge in [0.05, 0.1) is 10.9 Å². The molecule has 1 aliphatic heterocycles. The summed E-state index contributed by atoms with van der Waals surface area (Å²) in [5.41, 5.74) is 1.16. The summed E-state index contributed by atoms with van der Waals surface area (Å²) < 4.78 is 0. The minimum Gasteiger partial charge on any atom is -0.506 e. The molecule has 2 aromatic carbocycles. The molecule has 0 aromatic heterocycles. The Kier molecular flexibility index (Phi) is 5.24. The average Bonchev–Trinajstić information content (AvgIpc) is 2.64. The molecule has 1 heterocycles. The van der Waals surface area contributed by atoms with Crippen molar-refractivity contribution in [1.29, 1.82) is 0 Å². The zero-order valence-corrected chi connectivity index (χ0v) is 14.4. The highest BCUT2D eigenvalue weighted by atomic mass is 35.5. The van der Waals surface area contributed by atoms with Crippen LogP contribution in [0, 0.1) is 5.92 Å². The first-order valence-corrected chi connectivity index (χ1v) is 8.56. The Morgan fingerprint density at radius 1 is 1.16 bits per heavy atom. The Hall–Kier alpha value is -2.53. The molecule has 1 aliphatic rings.